The lowest BCUT2D eigenvalue weighted by atomic mass is 10.1. The fourth-order valence-electron chi connectivity index (χ4n) is 3.83. The Kier molecular flexibility index (Phi) is 5.64. The first kappa shape index (κ1) is 20.6. The van der Waals surface area contributed by atoms with Crippen LogP contribution in [0.15, 0.2) is 36.4 Å². The molecule has 1 saturated carbocycles. The molecule has 1 aliphatic heterocycles. The van der Waals surface area contributed by atoms with Crippen LogP contribution in [0.5, 0.6) is 0 Å². The number of carbonyl (C=O) groups excluding carboxylic acids is 2. The van der Waals surface area contributed by atoms with Gasteiger partial charge in [0.05, 0.1) is 17.9 Å². The van der Waals surface area contributed by atoms with E-state index in [9.17, 15) is 9.59 Å². The van der Waals surface area contributed by atoms with Gasteiger partial charge in [-0.2, -0.15) is 5.10 Å². The summed E-state index contributed by atoms with van der Waals surface area (Å²) in [6, 6.07) is 11.8. The van der Waals surface area contributed by atoms with Crippen LogP contribution in [0, 0.1) is 0 Å². The summed E-state index contributed by atoms with van der Waals surface area (Å²) in [5.74, 6) is 0.523. The number of hydrogen-bond donors (Lipinski definition) is 1. The summed E-state index contributed by atoms with van der Waals surface area (Å²) < 4.78 is 1.79. The van der Waals surface area contributed by atoms with E-state index in [0.717, 1.165) is 24.2 Å². The molecule has 0 radical (unpaired) electrons. The predicted molar refractivity (Wildman–Crippen MR) is 116 cm³/mol. The molecule has 4 rings (SSSR count). The van der Waals surface area contributed by atoms with Gasteiger partial charge in [0.2, 0.25) is 5.91 Å². The summed E-state index contributed by atoms with van der Waals surface area (Å²) in [5.41, 5.74) is 2.32. The Hall–Kier alpha value is -2.67. The van der Waals surface area contributed by atoms with E-state index < -0.39 is 0 Å². The highest BCUT2D eigenvalue weighted by atomic mass is 16.2. The van der Waals surface area contributed by atoms with Gasteiger partial charge >= 0.3 is 0 Å². The SMILES string of the molecule is CC(C)(C)NC(=O)CN1CCN(C(=O)c2cc(C3CC3)nn2-c2ccccc2)CC1. The number of benzene rings is 1. The largest absolute Gasteiger partial charge is 0.350 e. The van der Waals surface area contributed by atoms with Crippen LogP contribution in [0.1, 0.15) is 55.7 Å². The van der Waals surface area contributed by atoms with Crippen LogP contribution in [0.3, 0.4) is 0 Å². The summed E-state index contributed by atoms with van der Waals surface area (Å²) >= 11 is 0. The zero-order chi connectivity index (χ0) is 21.3. The van der Waals surface area contributed by atoms with Crippen molar-refractivity contribution >= 4 is 11.8 Å². The van der Waals surface area contributed by atoms with E-state index in [1.165, 1.54) is 0 Å². The predicted octanol–water partition coefficient (Wildman–Crippen LogP) is 2.42. The average Bonchev–Trinajstić information content (AvgIpc) is 3.46. The van der Waals surface area contributed by atoms with Crippen molar-refractivity contribution in [2.24, 2.45) is 0 Å². The molecule has 1 saturated heterocycles. The number of hydrogen-bond acceptors (Lipinski definition) is 4. The molecule has 7 nitrogen and oxygen atoms in total. The third-order valence-electron chi connectivity index (χ3n) is 5.48. The molecule has 0 bridgehead atoms. The van der Waals surface area contributed by atoms with Crippen LogP contribution >= 0.6 is 0 Å². The number of aromatic nitrogens is 2. The standard InChI is InChI=1S/C23H31N5O2/c1-23(2,3)24-21(29)16-26-11-13-27(14-12-26)22(30)20-15-19(17-9-10-17)25-28(20)18-7-5-4-6-8-18/h4-8,15,17H,9-14,16H2,1-3H3,(H,24,29). The lowest BCUT2D eigenvalue weighted by Gasteiger charge is -2.34. The van der Waals surface area contributed by atoms with Gasteiger partial charge in [-0.1, -0.05) is 18.2 Å². The Morgan fingerprint density at radius 3 is 2.33 bits per heavy atom. The van der Waals surface area contributed by atoms with Gasteiger partial charge in [0.25, 0.3) is 5.91 Å². The number of piperazine rings is 1. The second-order valence-electron chi connectivity index (χ2n) is 9.34. The van der Waals surface area contributed by atoms with Gasteiger partial charge < -0.3 is 10.2 Å². The molecule has 160 valence electrons. The Bertz CT molecular complexity index is 903. The summed E-state index contributed by atoms with van der Waals surface area (Å²) in [6.07, 6.45) is 2.30. The first-order valence-corrected chi connectivity index (χ1v) is 10.8. The molecule has 30 heavy (non-hydrogen) atoms. The van der Waals surface area contributed by atoms with Crippen molar-refractivity contribution in [3.8, 4) is 5.69 Å². The van der Waals surface area contributed by atoms with Crippen molar-refractivity contribution < 1.29 is 9.59 Å². The Labute approximate surface area is 178 Å². The van der Waals surface area contributed by atoms with Crippen molar-refractivity contribution in [1.29, 1.82) is 0 Å². The molecule has 1 N–H and O–H groups in total. The van der Waals surface area contributed by atoms with Gasteiger partial charge in [-0.05, 0) is 51.8 Å². The molecule has 2 heterocycles. The molecular weight excluding hydrogens is 378 g/mol. The molecule has 0 atom stereocenters. The van der Waals surface area contributed by atoms with Crippen molar-refractivity contribution in [3.63, 3.8) is 0 Å². The molecule has 1 aromatic carbocycles. The normalized spacial score (nSPS) is 17.8. The maximum atomic E-state index is 13.3. The van der Waals surface area contributed by atoms with E-state index in [1.54, 1.807) is 4.68 Å². The number of rotatable bonds is 5. The van der Waals surface area contributed by atoms with Gasteiger partial charge in [-0.25, -0.2) is 4.68 Å². The van der Waals surface area contributed by atoms with E-state index >= 15 is 0 Å². The molecule has 0 unspecified atom stereocenters. The first-order chi connectivity index (χ1) is 14.3. The minimum absolute atomic E-state index is 0.0112. The molecule has 7 heteroatoms. The van der Waals surface area contributed by atoms with Crippen molar-refractivity contribution in [2.75, 3.05) is 32.7 Å². The van der Waals surface area contributed by atoms with Crippen molar-refractivity contribution in [3.05, 3.63) is 47.8 Å². The quantitative estimate of drug-likeness (QED) is 0.823. The van der Waals surface area contributed by atoms with Gasteiger partial charge in [0.15, 0.2) is 0 Å². The van der Waals surface area contributed by atoms with Gasteiger partial charge in [0, 0.05) is 37.6 Å². The average molecular weight is 410 g/mol. The molecule has 0 spiro atoms. The summed E-state index contributed by atoms with van der Waals surface area (Å²) in [4.78, 5) is 29.5. The number of para-hydroxylation sites is 1. The highest BCUT2D eigenvalue weighted by molar-refractivity contribution is 5.93. The van der Waals surface area contributed by atoms with Gasteiger partial charge in [-0.3, -0.25) is 14.5 Å². The highest BCUT2D eigenvalue weighted by Crippen LogP contribution is 2.39. The zero-order valence-electron chi connectivity index (χ0n) is 18.1. The summed E-state index contributed by atoms with van der Waals surface area (Å²) in [7, 11) is 0. The highest BCUT2D eigenvalue weighted by Gasteiger charge is 2.31. The number of amides is 2. The van der Waals surface area contributed by atoms with E-state index in [2.05, 4.69) is 10.2 Å². The number of nitrogens with one attached hydrogen (secondary N) is 1. The third kappa shape index (κ3) is 4.90. The topological polar surface area (TPSA) is 70.5 Å². The van der Waals surface area contributed by atoms with Crippen LogP contribution in [-0.2, 0) is 4.79 Å². The van der Waals surface area contributed by atoms with E-state index in [4.69, 9.17) is 5.10 Å². The second kappa shape index (κ2) is 8.22. The Morgan fingerprint density at radius 1 is 1.07 bits per heavy atom. The summed E-state index contributed by atoms with van der Waals surface area (Å²) in [6.45, 7) is 8.91. The number of nitrogens with zero attached hydrogens (tertiary/aromatic N) is 4. The first-order valence-electron chi connectivity index (χ1n) is 10.8. The maximum absolute atomic E-state index is 13.3. The molecule has 1 aromatic heterocycles. The Morgan fingerprint density at radius 2 is 1.73 bits per heavy atom. The van der Waals surface area contributed by atoms with E-state index in [-0.39, 0.29) is 17.4 Å². The van der Waals surface area contributed by atoms with Crippen molar-refractivity contribution in [1.82, 2.24) is 24.9 Å². The summed E-state index contributed by atoms with van der Waals surface area (Å²) in [5, 5.41) is 7.75. The van der Waals surface area contributed by atoms with Gasteiger partial charge in [-0.15, -0.1) is 0 Å². The maximum Gasteiger partial charge on any atom is 0.272 e. The lowest BCUT2D eigenvalue weighted by molar-refractivity contribution is -0.124. The lowest BCUT2D eigenvalue weighted by Crippen LogP contribution is -2.53. The molecule has 2 amide bonds. The molecule has 2 aliphatic rings. The fourth-order valence-corrected chi connectivity index (χ4v) is 3.83. The Balaban J connectivity index is 1.43. The van der Waals surface area contributed by atoms with Crippen LogP contribution in [0.25, 0.3) is 5.69 Å². The van der Waals surface area contributed by atoms with Crippen LogP contribution in [0.4, 0.5) is 0 Å². The fraction of sp³-hybridized carbons (Fsp3) is 0.522. The monoisotopic (exact) mass is 409 g/mol. The van der Waals surface area contributed by atoms with Crippen LogP contribution < -0.4 is 5.32 Å². The molecular formula is C23H31N5O2. The smallest absolute Gasteiger partial charge is 0.272 e. The molecule has 2 fully saturated rings. The third-order valence-corrected chi connectivity index (χ3v) is 5.48. The van der Waals surface area contributed by atoms with E-state index in [1.807, 2.05) is 62.1 Å². The van der Waals surface area contributed by atoms with Crippen LogP contribution in [-0.4, -0.2) is 69.7 Å². The van der Waals surface area contributed by atoms with Crippen LogP contribution in [0.2, 0.25) is 0 Å². The zero-order valence-corrected chi connectivity index (χ0v) is 18.1. The second-order valence-corrected chi connectivity index (χ2v) is 9.34. The van der Waals surface area contributed by atoms with Gasteiger partial charge in [0.1, 0.15) is 5.69 Å². The molecule has 2 aromatic rings. The molecule has 1 aliphatic carbocycles. The van der Waals surface area contributed by atoms with Crippen molar-refractivity contribution in [2.45, 2.75) is 45.1 Å². The van der Waals surface area contributed by atoms with E-state index in [0.29, 0.717) is 44.3 Å². The number of carbonyl (C=O) groups is 2. The minimum atomic E-state index is -0.232. The minimum Gasteiger partial charge on any atom is -0.350 e.